The van der Waals surface area contributed by atoms with E-state index in [0.717, 1.165) is 21.7 Å². The molecule has 0 aliphatic carbocycles. The van der Waals surface area contributed by atoms with Crippen molar-refractivity contribution in [3.05, 3.63) is 70.6 Å². The molecule has 0 bridgehead atoms. The van der Waals surface area contributed by atoms with Gasteiger partial charge in [0.2, 0.25) is 5.91 Å². The first-order chi connectivity index (χ1) is 11.2. The second-order valence-corrected chi connectivity index (χ2v) is 6.16. The maximum Gasteiger partial charge on any atom is 0.239 e. The molecule has 0 spiro atoms. The molecule has 0 N–H and O–H groups in total. The monoisotopic (exact) mass is 320 g/mol. The Morgan fingerprint density at radius 1 is 1.13 bits per heavy atom. The lowest BCUT2D eigenvalue weighted by molar-refractivity contribution is -0.118. The summed E-state index contributed by atoms with van der Waals surface area (Å²) in [5, 5.41) is 9.70. The van der Waals surface area contributed by atoms with Gasteiger partial charge in [-0.05, 0) is 23.4 Å². The Kier molecular flexibility index (Phi) is 4.22. The highest BCUT2D eigenvalue weighted by molar-refractivity contribution is 8.02. The highest BCUT2D eigenvalue weighted by Gasteiger charge is 2.38. The van der Waals surface area contributed by atoms with Gasteiger partial charge in [-0.3, -0.25) is 4.79 Å². The molecular weight excluding hydrogens is 304 g/mol. The minimum absolute atomic E-state index is 0.0132. The Labute approximate surface area is 140 Å². The number of carbonyl (C=O) groups excluding carboxylic acids is 1. The van der Waals surface area contributed by atoms with E-state index in [2.05, 4.69) is 6.07 Å². The van der Waals surface area contributed by atoms with Gasteiger partial charge < -0.3 is 4.90 Å². The van der Waals surface area contributed by atoms with Crippen molar-refractivity contribution >= 4 is 28.9 Å². The first-order valence-corrected chi connectivity index (χ1v) is 8.51. The Balaban J connectivity index is 2.20. The molecule has 23 heavy (non-hydrogen) atoms. The fourth-order valence-corrected chi connectivity index (χ4v) is 3.80. The largest absolute Gasteiger partial charge is 0.314 e. The third kappa shape index (κ3) is 2.54. The molecule has 0 fully saturated rings. The number of fused-ring (bicyclic) bond motifs is 1. The van der Waals surface area contributed by atoms with Crippen LogP contribution >= 0.6 is 11.8 Å². The average Bonchev–Trinajstić information content (AvgIpc) is 2.85. The first kappa shape index (κ1) is 15.4. The number of para-hydroxylation sites is 1. The third-order valence-corrected chi connectivity index (χ3v) is 4.97. The van der Waals surface area contributed by atoms with Crippen LogP contribution in [0.4, 0.5) is 5.69 Å². The van der Waals surface area contributed by atoms with Crippen molar-refractivity contribution in [1.82, 2.24) is 0 Å². The number of nitrogens with zero attached hydrogens (tertiary/aromatic N) is 2. The van der Waals surface area contributed by atoms with E-state index >= 15 is 0 Å². The van der Waals surface area contributed by atoms with Gasteiger partial charge in [0.15, 0.2) is 0 Å². The average molecular weight is 320 g/mol. The summed E-state index contributed by atoms with van der Waals surface area (Å²) in [5.41, 5.74) is 3.30. The second-order valence-electron chi connectivity index (χ2n) is 5.31. The van der Waals surface area contributed by atoms with E-state index in [1.165, 1.54) is 11.8 Å². The van der Waals surface area contributed by atoms with Gasteiger partial charge in [-0.2, -0.15) is 5.26 Å². The van der Waals surface area contributed by atoms with Crippen LogP contribution in [-0.4, -0.2) is 19.2 Å². The van der Waals surface area contributed by atoms with Gasteiger partial charge in [0.05, 0.1) is 11.5 Å². The van der Waals surface area contributed by atoms with Crippen LogP contribution in [0.15, 0.2) is 59.5 Å². The van der Waals surface area contributed by atoms with E-state index in [1.807, 2.05) is 60.9 Å². The summed E-state index contributed by atoms with van der Waals surface area (Å²) in [7, 11) is 1.79. The number of rotatable bonds is 3. The summed E-state index contributed by atoms with van der Waals surface area (Å²) in [6.45, 7) is 0. The fraction of sp³-hybridized carbons (Fsp3) is 0.158. The number of nitriles is 1. The van der Waals surface area contributed by atoms with Gasteiger partial charge in [-0.25, -0.2) is 0 Å². The summed E-state index contributed by atoms with van der Waals surface area (Å²) >= 11 is 1.47. The smallest absolute Gasteiger partial charge is 0.239 e. The number of anilines is 1. The van der Waals surface area contributed by atoms with Gasteiger partial charge >= 0.3 is 0 Å². The molecule has 3 nitrogen and oxygen atoms in total. The molecule has 0 radical (unpaired) electrons. The third-order valence-electron chi connectivity index (χ3n) is 4.09. The highest BCUT2D eigenvalue weighted by atomic mass is 32.2. The number of carbonyl (C=O) groups is 1. The lowest BCUT2D eigenvalue weighted by atomic mass is 9.95. The van der Waals surface area contributed by atoms with E-state index in [4.69, 9.17) is 0 Å². The number of thioether (sulfide) groups is 1. The summed E-state index contributed by atoms with van der Waals surface area (Å²) in [6, 6.07) is 19.6. The van der Waals surface area contributed by atoms with E-state index in [-0.39, 0.29) is 5.91 Å². The van der Waals surface area contributed by atoms with Crippen LogP contribution in [0.1, 0.15) is 17.0 Å². The minimum atomic E-state index is -0.402. The molecule has 0 saturated carbocycles. The predicted molar refractivity (Wildman–Crippen MR) is 95.1 cm³/mol. The molecule has 2 aromatic carbocycles. The van der Waals surface area contributed by atoms with Crippen LogP contribution in [0.3, 0.4) is 0 Å². The van der Waals surface area contributed by atoms with Crippen LogP contribution < -0.4 is 4.90 Å². The van der Waals surface area contributed by atoms with Crippen LogP contribution in [0.25, 0.3) is 5.57 Å². The van der Waals surface area contributed by atoms with Crippen LogP contribution in [0.5, 0.6) is 0 Å². The van der Waals surface area contributed by atoms with Crippen molar-refractivity contribution in [2.24, 2.45) is 0 Å². The number of allylic oxidation sites excluding steroid dienone is 1. The van der Waals surface area contributed by atoms with Crippen molar-refractivity contribution in [2.45, 2.75) is 5.92 Å². The molecule has 4 heteroatoms. The first-order valence-electron chi connectivity index (χ1n) is 7.29. The molecule has 1 heterocycles. The van der Waals surface area contributed by atoms with Crippen LogP contribution in [-0.2, 0) is 4.79 Å². The zero-order valence-corrected chi connectivity index (χ0v) is 13.8. The van der Waals surface area contributed by atoms with Gasteiger partial charge in [-0.1, -0.05) is 48.5 Å². The molecule has 1 atom stereocenters. The van der Waals surface area contributed by atoms with Crippen LogP contribution in [0.2, 0.25) is 0 Å². The Hall–Kier alpha value is -2.51. The fourth-order valence-electron chi connectivity index (χ4n) is 2.97. The summed E-state index contributed by atoms with van der Waals surface area (Å²) in [5.74, 6) is -0.389. The summed E-state index contributed by atoms with van der Waals surface area (Å²) in [4.78, 5) is 15.3. The Morgan fingerprint density at radius 2 is 1.78 bits per heavy atom. The molecule has 114 valence electrons. The quantitative estimate of drug-likeness (QED) is 0.802. The molecule has 1 aliphatic rings. The topological polar surface area (TPSA) is 44.1 Å². The molecule has 1 amide bonds. The Bertz CT molecular complexity index is 821. The summed E-state index contributed by atoms with van der Waals surface area (Å²) in [6.07, 6.45) is 1.92. The van der Waals surface area contributed by atoms with E-state index in [9.17, 15) is 10.1 Å². The molecule has 1 unspecified atom stereocenters. The minimum Gasteiger partial charge on any atom is -0.314 e. The number of benzene rings is 2. The van der Waals surface area contributed by atoms with E-state index < -0.39 is 5.92 Å². The van der Waals surface area contributed by atoms with Crippen molar-refractivity contribution in [3.63, 3.8) is 0 Å². The number of hydrogen-bond acceptors (Lipinski definition) is 3. The van der Waals surface area contributed by atoms with Crippen molar-refractivity contribution in [1.29, 1.82) is 5.26 Å². The molecule has 3 rings (SSSR count). The zero-order valence-electron chi connectivity index (χ0n) is 13.0. The van der Waals surface area contributed by atoms with Crippen molar-refractivity contribution in [2.75, 3.05) is 18.2 Å². The lowest BCUT2D eigenvalue weighted by Crippen LogP contribution is -2.24. The number of hydrogen-bond donors (Lipinski definition) is 0. The highest BCUT2D eigenvalue weighted by Crippen LogP contribution is 2.45. The van der Waals surface area contributed by atoms with Gasteiger partial charge in [0, 0.05) is 17.6 Å². The number of likely N-dealkylation sites (N-methyl/N-ethyl adjacent to an activating group) is 1. The van der Waals surface area contributed by atoms with Gasteiger partial charge in [0.25, 0.3) is 0 Å². The molecule has 1 aliphatic heterocycles. The van der Waals surface area contributed by atoms with Crippen LogP contribution in [0, 0.1) is 11.3 Å². The molecule has 0 saturated heterocycles. The van der Waals surface area contributed by atoms with Gasteiger partial charge in [-0.15, -0.1) is 11.8 Å². The normalized spacial score (nSPS) is 17.5. The predicted octanol–water partition coefficient (Wildman–Crippen LogP) is 4.04. The molecule has 2 aromatic rings. The molecule has 0 aromatic heterocycles. The Morgan fingerprint density at radius 3 is 2.43 bits per heavy atom. The van der Waals surface area contributed by atoms with Crippen molar-refractivity contribution in [3.8, 4) is 6.07 Å². The maximum absolute atomic E-state index is 12.8. The lowest BCUT2D eigenvalue weighted by Gasteiger charge is -2.15. The standard InChI is InChI=1S/C19H16N2OS/c1-21-16-11-7-6-10-14(16)17(19(21)22)18(23-2)15(12-20)13-8-4-3-5-9-13/h3-11,17H,1-2H3/b18-15-. The zero-order chi connectivity index (χ0) is 16.4. The second kappa shape index (κ2) is 6.31. The van der Waals surface area contributed by atoms with Gasteiger partial charge in [0.1, 0.15) is 6.07 Å². The maximum atomic E-state index is 12.8. The van der Waals surface area contributed by atoms with E-state index in [0.29, 0.717) is 5.57 Å². The molecular formula is C19H16N2OS. The van der Waals surface area contributed by atoms with E-state index in [1.54, 1.807) is 11.9 Å². The van der Waals surface area contributed by atoms with Crippen molar-refractivity contribution < 1.29 is 4.79 Å². The number of amides is 1. The SMILES string of the molecule is CS/C(=C(/C#N)c1ccccc1)C1C(=O)N(C)c2ccccc21. The summed E-state index contributed by atoms with van der Waals surface area (Å²) < 4.78 is 0.